The Hall–Kier alpha value is -3.92. The van der Waals surface area contributed by atoms with Gasteiger partial charge in [0.05, 0.1) is 29.1 Å². The van der Waals surface area contributed by atoms with E-state index in [1.807, 2.05) is 31.2 Å². The number of hydrogen-bond acceptors (Lipinski definition) is 3. The summed E-state index contributed by atoms with van der Waals surface area (Å²) < 4.78 is 39.8. The number of aryl methyl sites for hydroxylation is 2. The van der Waals surface area contributed by atoms with Gasteiger partial charge in [-0.1, -0.05) is 24.1 Å². The normalized spacial score (nSPS) is 13.3. The lowest BCUT2D eigenvalue weighted by molar-refractivity contribution is -0.138. The number of pyridine rings is 1. The second kappa shape index (κ2) is 8.31. The van der Waals surface area contributed by atoms with E-state index in [9.17, 15) is 18.0 Å². The van der Waals surface area contributed by atoms with Crippen molar-refractivity contribution in [3.63, 3.8) is 0 Å². The first-order valence-electron chi connectivity index (χ1n) is 9.84. The van der Waals surface area contributed by atoms with Crippen molar-refractivity contribution in [3.05, 3.63) is 88.2 Å². The van der Waals surface area contributed by atoms with E-state index in [-0.39, 0.29) is 23.4 Å². The van der Waals surface area contributed by atoms with Crippen LogP contribution in [0.3, 0.4) is 0 Å². The Morgan fingerprint density at radius 3 is 2.53 bits per heavy atom. The molecule has 7 heteroatoms. The predicted molar refractivity (Wildman–Crippen MR) is 117 cm³/mol. The van der Waals surface area contributed by atoms with Gasteiger partial charge < -0.3 is 5.32 Å². The summed E-state index contributed by atoms with van der Waals surface area (Å²) in [5.74, 6) is 5.63. The SMILES string of the molecule is Cc1cccc(C#Cc2cccc(C3=Nc4cc(C)c(C(F)(F)F)cc4NC(=O)C3)c2)n1. The largest absolute Gasteiger partial charge is 0.416 e. The molecule has 160 valence electrons. The molecule has 32 heavy (non-hydrogen) atoms. The van der Waals surface area contributed by atoms with Crippen molar-refractivity contribution < 1.29 is 18.0 Å². The maximum atomic E-state index is 13.3. The maximum absolute atomic E-state index is 13.3. The highest BCUT2D eigenvalue weighted by molar-refractivity contribution is 6.17. The number of nitrogens with one attached hydrogen (secondary N) is 1. The summed E-state index contributed by atoms with van der Waals surface area (Å²) in [4.78, 5) is 21.3. The zero-order valence-corrected chi connectivity index (χ0v) is 17.3. The fourth-order valence-electron chi connectivity index (χ4n) is 3.41. The summed E-state index contributed by atoms with van der Waals surface area (Å²) in [6, 6.07) is 15.1. The summed E-state index contributed by atoms with van der Waals surface area (Å²) in [5, 5.41) is 2.54. The number of nitrogens with zero attached hydrogens (tertiary/aromatic N) is 2. The van der Waals surface area contributed by atoms with Crippen molar-refractivity contribution in [2.75, 3.05) is 5.32 Å². The van der Waals surface area contributed by atoms with E-state index in [4.69, 9.17) is 0 Å². The topological polar surface area (TPSA) is 54.4 Å². The summed E-state index contributed by atoms with van der Waals surface area (Å²) >= 11 is 0. The number of benzene rings is 2. The van der Waals surface area contributed by atoms with Crippen molar-refractivity contribution >= 4 is 23.0 Å². The number of anilines is 1. The zero-order valence-electron chi connectivity index (χ0n) is 17.3. The molecule has 3 aromatic rings. The van der Waals surface area contributed by atoms with E-state index in [0.29, 0.717) is 22.5 Å². The van der Waals surface area contributed by atoms with Crippen LogP contribution in [0.2, 0.25) is 0 Å². The van der Waals surface area contributed by atoms with Gasteiger partial charge in [0.1, 0.15) is 5.69 Å². The summed E-state index contributed by atoms with van der Waals surface area (Å²) in [6.07, 6.45) is -4.58. The van der Waals surface area contributed by atoms with Crippen molar-refractivity contribution in [1.29, 1.82) is 0 Å². The van der Waals surface area contributed by atoms with E-state index in [0.717, 1.165) is 11.8 Å². The predicted octanol–water partition coefficient (Wildman–Crippen LogP) is 5.58. The van der Waals surface area contributed by atoms with Crippen molar-refractivity contribution in [3.8, 4) is 11.8 Å². The first kappa shape index (κ1) is 21.3. The van der Waals surface area contributed by atoms with Crippen LogP contribution in [0.5, 0.6) is 0 Å². The maximum Gasteiger partial charge on any atom is 0.416 e. The number of carbonyl (C=O) groups excluding carboxylic acids is 1. The minimum atomic E-state index is -4.51. The fourth-order valence-corrected chi connectivity index (χ4v) is 3.41. The molecule has 0 saturated heterocycles. The van der Waals surface area contributed by atoms with Crippen LogP contribution in [0.15, 0.2) is 59.6 Å². The Kier molecular flexibility index (Phi) is 5.54. The van der Waals surface area contributed by atoms with Crippen LogP contribution >= 0.6 is 0 Å². The zero-order chi connectivity index (χ0) is 22.9. The van der Waals surface area contributed by atoms with Crippen LogP contribution in [-0.4, -0.2) is 16.6 Å². The molecule has 4 nitrogen and oxygen atoms in total. The molecular formula is C25H18F3N3O. The van der Waals surface area contributed by atoms with Gasteiger partial charge in [-0.2, -0.15) is 13.2 Å². The van der Waals surface area contributed by atoms with Gasteiger partial charge in [-0.15, -0.1) is 0 Å². The molecule has 0 radical (unpaired) electrons. The van der Waals surface area contributed by atoms with Gasteiger partial charge in [0.25, 0.3) is 0 Å². The van der Waals surface area contributed by atoms with Gasteiger partial charge in [0.2, 0.25) is 5.91 Å². The standard InChI is InChI=1S/C25H18F3N3O/c1-15-11-22-23(13-20(15)25(26,27)28)31-24(32)14-21(30-22)18-7-4-6-17(12-18)9-10-19-8-3-5-16(2)29-19/h3-8,11-13H,14H2,1-2H3,(H,31,32). The Bertz CT molecular complexity index is 1310. The van der Waals surface area contributed by atoms with E-state index in [1.165, 1.54) is 13.0 Å². The molecule has 0 aliphatic carbocycles. The van der Waals surface area contributed by atoms with Crippen molar-refractivity contribution in [2.45, 2.75) is 26.4 Å². The van der Waals surface area contributed by atoms with Gasteiger partial charge >= 0.3 is 6.18 Å². The number of aliphatic imine (C=N–C) groups is 1. The number of hydrogen-bond donors (Lipinski definition) is 1. The number of rotatable bonds is 1. The minimum Gasteiger partial charge on any atom is -0.324 e. The highest BCUT2D eigenvalue weighted by Crippen LogP contribution is 2.39. The Labute approximate surface area is 183 Å². The van der Waals surface area contributed by atoms with E-state index in [2.05, 4.69) is 27.1 Å². The average Bonchev–Trinajstić information content (AvgIpc) is 2.89. The number of amides is 1. The molecule has 0 fully saturated rings. The summed E-state index contributed by atoms with van der Waals surface area (Å²) in [6.45, 7) is 3.26. The van der Waals surface area contributed by atoms with Crippen molar-refractivity contribution in [2.24, 2.45) is 4.99 Å². The lowest BCUT2D eigenvalue weighted by Crippen LogP contribution is -2.15. The molecule has 1 amide bonds. The number of halogens is 3. The molecule has 0 bridgehead atoms. The molecule has 1 N–H and O–H groups in total. The summed E-state index contributed by atoms with van der Waals surface area (Å²) in [5.41, 5.74) is 2.94. The van der Waals surface area contributed by atoms with Gasteiger partial charge in [-0.05, 0) is 67.3 Å². The molecule has 1 aromatic heterocycles. The smallest absolute Gasteiger partial charge is 0.324 e. The second-order valence-electron chi connectivity index (χ2n) is 7.46. The highest BCUT2D eigenvalue weighted by atomic mass is 19.4. The van der Waals surface area contributed by atoms with Gasteiger partial charge in [0, 0.05) is 11.3 Å². The molecule has 1 aliphatic rings. The van der Waals surface area contributed by atoms with Crippen LogP contribution in [0.25, 0.3) is 0 Å². The van der Waals surface area contributed by atoms with Gasteiger partial charge in [-0.25, -0.2) is 4.98 Å². The van der Waals surface area contributed by atoms with Crippen LogP contribution < -0.4 is 5.32 Å². The molecule has 2 heterocycles. The fraction of sp³-hybridized carbons (Fsp3) is 0.160. The minimum absolute atomic E-state index is 0.0424. The molecule has 0 saturated carbocycles. The van der Waals surface area contributed by atoms with Crippen molar-refractivity contribution in [1.82, 2.24) is 4.98 Å². The van der Waals surface area contributed by atoms with Gasteiger partial charge in [0.15, 0.2) is 0 Å². The molecule has 0 unspecified atom stereocenters. The molecule has 4 rings (SSSR count). The number of fused-ring (bicyclic) bond motifs is 1. The second-order valence-corrected chi connectivity index (χ2v) is 7.46. The average molecular weight is 433 g/mol. The number of carbonyl (C=O) groups is 1. The van der Waals surface area contributed by atoms with Crippen LogP contribution in [0.1, 0.15) is 40.1 Å². The van der Waals surface area contributed by atoms with E-state index < -0.39 is 17.6 Å². The lowest BCUT2D eigenvalue weighted by Gasteiger charge is -2.13. The first-order chi connectivity index (χ1) is 15.2. The molecule has 0 atom stereocenters. The molecule has 1 aliphatic heterocycles. The molecular weight excluding hydrogens is 415 g/mol. The van der Waals surface area contributed by atoms with Crippen LogP contribution in [0, 0.1) is 25.7 Å². The van der Waals surface area contributed by atoms with Gasteiger partial charge in [-0.3, -0.25) is 9.79 Å². The van der Waals surface area contributed by atoms with E-state index in [1.54, 1.807) is 18.2 Å². The first-order valence-corrected chi connectivity index (χ1v) is 9.84. The Morgan fingerprint density at radius 1 is 1.00 bits per heavy atom. The van der Waals surface area contributed by atoms with Crippen LogP contribution in [-0.2, 0) is 11.0 Å². The third-order valence-electron chi connectivity index (χ3n) is 4.92. The third-order valence-corrected chi connectivity index (χ3v) is 4.92. The quantitative estimate of drug-likeness (QED) is 0.510. The monoisotopic (exact) mass is 433 g/mol. The highest BCUT2D eigenvalue weighted by Gasteiger charge is 2.34. The lowest BCUT2D eigenvalue weighted by atomic mass is 10.0. The van der Waals surface area contributed by atoms with E-state index >= 15 is 0 Å². The van der Waals surface area contributed by atoms with Crippen LogP contribution in [0.4, 0.5) is 24.5 Å². The molecule has 2 aromatic carbocycles. The number of aromatic nitrogens is 1. The molecule has 0 spiro atoms. The Morgan fingerprint density at radius 2 is 1.78 bits per heavy atom. The Balaban J connectivity index is 1.72. The summed E-state index contributed by atoms with van der Waals surface area (Å²) in [7, 11) is 0. The number of alkyl halides is 3. The third kappa shape index (κ3) is 4.70.